The van der Waals surface area contributed by atoms with E-state index >= 15 is 0 Å². The Morgan fingerprint density at radius 2 is 2.17 bits per heavy atom. The molecule has 23 heavy (non-hydrogen) atoms. The minimum Gasteiger partial charge on any atom is -0.465 e. The van der Waals surface area contributed by atoms with Crippen LogP contribution in [0.5, 0.6) is 0 Å². The summed E-state index contributed by atoms with van der Waals surface area (Å²) >= 11 is 1.36. The maximum atomic E-state index is 12.7. The number of hydrogen-bond acceptors (Lipinski definition) is 6. The number of ether oxygens (including phenoxy) is 2. The van der Waals surface area contributed by atoms with Crippen molar-refractivity contribution < 1.29 is 14.3 Å². The van der Waals surface area contributed by atoms with Gasteiger partial charge in [-0.25, -0.2) is 9.36 Å². The Bertz CT molecular complexity index is 890. The fourth-order valence-corrected chi connectivity index (χ4v) is 3.85. The number of carbonyl (C=O) groups is 1. The number of H-pyrrole nitrogens is 1. The van der Waals surface area contributed by atoms with Crippen molar-refractivity contribution in [2.45, 2.75) is 45.9 Å². The second-order valence-electron chi connectivity index (χ2n) is 6.06. The maximum Gasteiger partial charge on any atom is 0.329 e. The second kappa shape index (κ2) is 5.61. The average molecular weight is 338 g/mol. The summed E-state index contributed by atoms with van der Waals surface area (Å²) in [6, 6.07) is 0. The summed E-state index contributed by atoms with van der Waals surface area (Å²) in [4.78, 5) is 40.6. The molecule has 0 fully saturated rings. The summed E-state index contributed by atoms with van der Waals surface area (Å²) in [5, 5.41) is 0.477. The van der Waals surface area contributed by atoms with Crippen LogP contribution in [0.15, 0.2) is 9.59 Å². The molecule has 1 aliphatic heterocycles. The molecule has 0 atom stereocenters. The molecule has 1 aliphatic rings. The van der Waals surface area contributed by atoms with E-state index < -0.39 is 17.2 Å². The topological polar surface area (TPSA) is 90.4 Å². The zero-order chi connectivity index (χ0) is 16.8. The monoisotopic (exact) mass is 338 g/mol. The van der Waals surface area contributed by atoms with Crippen molar-refractivity contribution in [1.82, 2.24) is 9.55 Å². The summed E-state index contributed by atoms with van der Waals surface area (Å²) in [6.45, 7) is 5.83. The third-order valence-electron chi connectivity index (χ3n) is 3.80. The van der Waals surface area contributed by atoms with Gasteiger partial charge < -0.3 is 9.47 Å². The normalized spacial score (nSPS) is 16.3. The lowest BCUT2D eigenvalue weighted by Gasteiger charge is -2.29. The summed E-state index contributed by atoms with van der Waals surface area (Å²) in [5.74, 6) is -0.604. The zero-order valence-corrected chi connectivity index (χ0v) is 14.0. The van der Waals surface area contributed by atoms with Crippen LogP contribution in [0.1, 0.15) is 31.2 Å². The third kappa shape index (κ3) is 2.84. The van der Waals surface area contributed by atoms with Gasteiger partial charge in [0.15, 0.2) is 0 Å². The number of fused-ring (bicyclic) bond motifs is 3. The predicted molar refractivity (Wildman–Crippen MR) is 85.9 cm³/mol. The number of esters is 1. The number of nitrogens with zero attached hydrogens (tertiary/aromatic N) is 1. The van der Waals surface area contributed by atoms with Crippen LogP contribution in [0.2, 0.25) is 0 Å². The number of thiophene rings is 1. The van der Waals surface area contributed by atoms with Crippen LogP contribution in [0.4, 0.5) is 0 Å². The first-order chi connectivity index (χ1) is 10.8. The van der Waals surface area contributed by atoms with E-state index in [-0.39, 0.29) is 18.8 Å². The zero-order valence-electron chi connectivity index (χ0n) is 13.2. The Morgan fingerprint density at radius 1 is 1.43 bits per heavy atom. The van der Waals surface area contributed by atoms with E-state index in [0.29, 0.717) is 23.2 Å². The Morgan fingerprint density at radius 3 is 2.87 bits per heavy atom. The van der Waals surface area contributed by atoms with Crippen LogP contribution in [0.25, 0.3) is 10.2 Å². The number of rotatable bonds is 3. The lowest BCUT2D eigenvalue weighted by Crippen LogP contribution is -2.38. The van der Waals surface area contributed by atoms with Crippen LogP contribution in [-0.4, -0.2) is 27.7 Å². The molecule has 124 valence electrons. The van der Waals surface area contributed by atoms with Gasteiger partial charge in [0.25, 0.3) is 5.56 Å². The Balaban J connectivity index is 2.16. The second-order valence-corrected chi connectivity index (χ2v) is 7.16. The number of hydrogen-bond donors (Lipinski definition) is 1. The number of nitrogens with one attached hydrogen (secondary N) is 1. The van der Waals surface area contributed by atoms with Crippen LogP contribution in [0.3, 0.4) is 0 Å². The number of aromatic amines is 1. The SMILES string of the molecule is CCOC(=O)Cn1c(=O)[nH]c2sc3c(c2c1=O)CC(C)(C)OC3. The number of aromatic nitrogens is 2. The van der Waals surface area contributed by atoms with E-state index in [1.165, 1.54) is 11.3 Å². The van der Waals surface area contributed by atoms with Crippen molar-refractivity contribution in [3.8, 4) is 0 Å². The van der Waals surface area contributed by atoms with E-state index in [4.69, 9.17) is 9.47 Å². The fourth-order valence-electron chi connectivity index (χ4n) is 2.74. The molecular formula is C15H18N2O5S. The van der Waals surface area contributed by atoms with Gasteiger partial charge in [-0.3, -0.25) is 14.6 Å². The molecule has 0 saturated carbocycles. The van der Waals surface area contributed by atoms with Crippen LogP contribution in [0, 0.1) is 0 Å². The first-order valence-electron chi connectivity index (χ1n) is 7.39. The van der Waals surface area contributed by atoms with E-state index in [2.05, 4.69) is 4.98 Å². The van der Waals surface area contributed by atoms with Crippen LogP contribution < -0.4 is 11.2 Å². The van der Waals surface area contributed by atoms with Crippen molar-refractivity contribution in [3.63, 3.8) is 0 Å². The molecule has 8 heteroatoms. The molecule has 0 aliphatic carbocycles. The molecule has 3 heterocycles. The highest BCUT2D eigenvalue weighted by molar-refractivity contribution is 7.18. The van der Waals surface area contributed by atoms with Crippen LogP contribution in [-0.2, 0) is 33.8 Å². The van der Waals surface area contributed by atoms with Gasteiger partial charge in [0.1, 0.15) is 11.4 Å². The van der Waals surface area contributed by atoms with Crippen molar-refractivity contribution in [2.75, 3.05) is 6.61 Å². The van der Waals surface area contributed by atoms with Gasteiger partial charge in [0, 0.05) is 11.3 Å². The quantitative estimate of drug-likeness (QED) is 0.848. The van der Waals surface area contributed by atoms with Gasteiger partial charge >= 0.3 is 11.7 Å². The van der Waals surface area contributed by atoms with Gasteiger partial charge in [-0.15, -0.1) is 11.3 Å². The molecule has 0 spiro atoms. The third-order valence-corrected chi connectivity index (χ3v) is 4.93. The highest BCUT2D eigenvalue weighted by atomic mass is 32.1. The largest absolute Gasteiger partial charge is 0.465 e. The summed E-state index contributed by atoms with van der Waals surface area (Å²) < 4.78 is 11.5. The Hall–Kier alpha value is -1.93. The molecule has 0 saturated heterocycles. The van der Waals surface area contributed by atoms with E-state index in [1.54, 1.807) is 6.92 Å². The molecule has 2 aromatic heterocycles. The lowest BCUT2D eigenvalue weighted by atomic mass is 9.94. The lowest BCUT2D eigenvalue weighted by molar-refractivity contribution is -0.143. The van der Waals surface area contributed by atoms with Crippen molar-refractivity contribution in [3.05, 3.63) is 31.3 Å². The van der Waals surface area contributed by atoms with E-state index in [1.807, 2.05) is 13.8 Å². The molecule has 7 nitrogen and oxygen atoms in total. The Kier molecular flexibility index (Phi) is 3.89. The van der Waals surface area contributed by atoms with Crippen molar-refractivity contribution in [2.24, 2.45) is 0 Å². The molecule has 0 aromatic carbocycles. The molecule has 0 bridgehead atoms. The van der Waals surface area contributed by atoms with Crippen LogP contribution >= 0.6 is 11.3 Å². The Labute approximate surface area is 135 Å². The highest BCUT2D eigenvalue weighted by Gasteiger charge is 2.31. The first kappa shape index (κ1) is 15.9. The van der Waals surface area contributed by atoms with Gasteiger partial charge in [0.2, 0.25) is 0 Å². The summed E-state index contributed by atoms with van der Waals surface area (Å²) in [7, 11) is 0. The molecule has 0 amide bonds. The molecule has 0 radical (unpaired) electrons. The minimum atomic E-state index is -0.604. The van der Waals surface area contributed by atoms with Gasteiger partial charge in [0.05, 0.1) is 24.2 Å². The van der Waals surface area contributed by atoms with E-state index in [0.717, 1.165) is 15.0 Å². The van der Waals surface area contributed by atoms with E-state index in [9.17, 15) is 14.4 Å². The molecule has 0 unspecified atom stereocenters. The smallest absolute Gasteiger partial charge is 0.329 e. The highest BCUT2D eigenvalue weighted by Crippen LogP contribution is 2.36. The minimum absolute atomic E-state index is 0.201. The molecule has 1 N–H and O–H groups in total. The number of carbonyl (C=O) groups excluding carboxylic acids is 1. The van der Waals surface area contributed by atoms with Gasteiger partial charge in [-0.2, -0.15) is 0 Å². The van der Waals surface area contributed by atoms with Gasteiger partial charge in [-0.05, 0) is 26.3 Å². The fraction of sp³-hybridized carbons (Fsp3) is 0.533. The first-order valence-corrected chi connectivity index (χ1v) is 8.21. The molecule has 2 aromatic rings. The average Bonchev–Trinajstić information content (AvgIpc) is 2.79. The summed E-state index contributed by atoms with van der Waals surface area (Å²) in [5.41, 5.74) is -0.517. The predicted octanol–water partition coefficient (Wildman–Crippen LogP) is 1.17. The standard InChI is InChI=1S/C15H18N2O5S/c1-4-21-10(18)6-17-13(19)11-8-5-15(2,3)22-7-9(8)23-12(11)16-14(17)20/h4-7H2,1-3H3,(H,16,20). The maximum absolute atomic E-state index is 12.7. The molecular weight excluding hydrogens is 320 g/mol. The summed E-state index contributed by atoms with van der Waals surface area (Å²) in [6.07, 6.45) is 0.586. The van der Waals surface area contributed by atoms with Gasteiger partial charge in [-0.1, -0.05) is 0 Å². The van der Waals surface area contributed by atoms with Crippen molar-refractivity contribution in [1.29, 1.82) is 0 Å². The molecule has 3 rings (SSSR count). The van der Waals surface area contributed by atoms with Crippen molar-refractivity contribution >= 4 is 27.5 Å².